The highest BCUT2D eigenvalue weighted by atomic mass is 35.5. The molecule has 1 aromatic carbocycles. The molecule has 4 nitrogen and oxygen atoms in total. The largest absolute Gasteiger partial charge is 0.337 e. The van der Waals surface area contributed by atoms with E-state index in [0.717, 1.165) is 52.2 Å². The predicted octanol–water partition coefficient (Wildman–Crippen LogP) is 3.59. The van der Waals surface area contributed by atoms with Crippen molar-refractivity contribution in [3.8, 4) is 0 Å². The van der Waals surface area contributed by atoms with E-state index in [1.54, 1.807) is 0 Å². The summed E-state index contributed by atoms with van der Waals surface area (Å²) in [5.74, 6) is 0.980. The summed E-state index contributed by atoms with van der Waals surface area (Å²) in [5, 5.41) is 3.39. The molecule has 1 aliphatic heterocycles. The van der Waals surface area contributed by atoms with Crippen molar-refractivity contribution in [3.63, 3.8) is 0 Å². The molecule has 1 aliphatic rings. The molecule has 0 bridgehead atoms. The number of hydrogen-bond acceptors (Lipinski definition) is 3. The molecule has 150 valence electrons. The highest BCUT2D eigenvalue weighted by molar-refractivity contribution is 5.85. The zero-order chi connectivity index (χ0) is 17.2. The fourth-order valence-corrected chi connectivity index (χ4v) is 3.34. The van der Waals surface area contributed by atoms with E-state index in [2.05, 4.69) is 41.1 Å². The first-order valence-electron chi connectivity index (χ1n) is 9.47. The second kappa shape index (κ2) is 14.3. The first-order valence-corrected chi connectivity index (χ1v) is 9.47. The van der Waals surface area contributed by atoms with Crippen LogP contribution in [0.4, 0.5) is 0 Å². The van der Waals surface area contributed by atoms with E-state index in [-0.39, 0.29) is 24.8 Å². The number of amides is 1. The summed E-state index contributed by atoms with van der Waals surface area (Å²) in [5.41, 5.74) is 1.22. The molecule has 0 aromatic heterocycles. The number of rotatable bonds is 10. The first-order chi connectivity index (χ1) is 11.7. The average Bonchev–Trinajstić information content (AvgIpc) is 3.14. The monoisotopic (exact) mass is 403 g/mol. The molecular formula is C20H35Cl2N3O. The van der Waals surface area contributed by atoms with Crippen LogP contribution in [0.25, 0.3) is 0 Å². The van der Waals surface area contributed by atoms with Gasteiger partial charge in [-0.3, -0.25) is 4.79 Å². The predicted molar refractivity (Wildman–Crippen MR) is 114 cm³/mol. The van der Waals surface area contributed by atoms with Crippen LogP contribution in [0.15, 0.2) is 30.3 Å². The number of halogens is 2. The Bertz CT molecular complexity index is 477. The van der Waals surface area contributed by atoms with Gasteiger partial charge >= 0.3 is 0 Å². The minimum Gasteiger partial charge on any atom is -0.337 e. The SMILES string of the molecule is CCN(CC)CCN(Cc1ccccc1)C(=O)CCC1CCNC1.Cl.Cl. The Morgan fingerprint density at radius 1 is 1.12 bits per heavy atom. The maximum absolute atomic E-state index is 12.8. The zero-order valence-electron chi connectivity index (χ0n) is 16.2. The second-order valence-corrected chi connectivity index (χ2v) is 6.73. The van der Waals surface area contributed by atoms with E-state index in [1.807, 2.05) is 18.2 Å². The molecule has 0 aliphatic carbocycles. The van der Waals surface area contributed by atoms with E-state index in [0.29, 0.717) is 18.2 Å². The van der Waals surface area contributed by atoms with Crippen molar-refractivity contribution >= 4 is 30.7 Å². The topological polar surface area (TPSA) is 35.6 Å². The fourth-order valence-electron chi connectivity index (χ4n) is 3.34. The van der Waals surface area contributed by atoms with Crippen molar-refractivity contribution < 1.29 is 4.79 Å². The van der Waals surface area contributed by atoms with Gasteiger partial charge in [0.2, 0.25) is 5.91 Å². The van der Waals surface area contributed by atoms with Gasteiger partial charge in [0.25, 0.3) is 0 Å². The van der Waals surface area contributed by atoms with Crippen LogP contribution >= 0.6 is 24.8 Å². The van der Waals surface area contributed by atoms with Crippen molar-refractivity contribution in [1.29, 1.82) is 0 Å². The lowest BCUT2D eigenvalue weighted by Crippen LogP contribution is -2.38. The molecule has 1 aromatic rings. The zero-order valence-corrected chi connectivity index (χ0v) is 17.8. The van der Waals surface area contributed by atoms with Crippen LogP contribution < -0.4 is 5.32 Å². The van der Waals surface area contributed by atoms with Crippen LogP contribution in [0.1, 0.15) is 38.7 Å². The summed E-state index contributed by atoms with van der Waals surface area (Å²) >= 11 is 0. The Morgan fingerprint density at radius 2 is 1.81 bits per heavy atom. The Morgan fingerprint density at radius 3 is 2.38 bits per heavy atom. The second-order valence-electron chi connectivity index (χ2n) is 6.73. The number of hydrogen-bond donors (Lipinski definition) is 1. The number of nitrogens with one attached hydrogen (secondary N) is 1. The Labute approximate surface area is 171 Å². The molecule has 0 saturated carbocycles. The number of carbonyl (C=O) groups is 1. The van der Waals surface area contributed by atoms with Crippen LogP contribution in [0.2, 0.25) is 0 Å². The van der Waals surface area contributed by atoms with Gasteiger partial charge in [0.15, 0.2) is 0 Å². The maximum Gasteiger partial charge on any atom is 0.222 e. The Balaban J connectivity index is 0.00000312. The standard InChI is InChI=1S/C20H33N3O.2ClH/c1-3-22(4-2)14-15-23(17-19-8-6-5-7-9-19)20(24)11-10-18-12-13-21-16-18;;/h5-9,18,21H,3-4,10-17H2,1-2H3;2*1H. The summed E-state index contributed by atoms with van der Waals surface area (Å²) in [4.78, 5) is 17.2. The van der Waals surface area contributed by atoms with Gasteiger partial charge in [0.1, 0.15) is 0 Å². The molecule has 0 spiro atoms. The van der Waals surface area contributed by atoms with Gasteiger partial charge in [0.05, 0.1) is 0 Å². The molecule has 0 radical (unpaired) electrons. The molecule has 6 heteroatoms. The fraction of sp³-hybridized carbons (Fsp3) is 0.650. The molecule has 1 heterocycles. The van der Waals surface area contributed by atoms with Crippen LogP contribution in [0.5, 0.6) is 0 Å². The molecule has 1 amide bonds. The lowest BCUT2D eigenvalue weighted by atomic mass is 10.0. The Kier molecular flexibility index (Phi) is 13.8. The highest BCUT2D eigenvalue weighted by Crippen LogP contribution is 2.16. The molecule has 26 heavy (non-hydrogen) atoms. The van der Waals surface area contributed by atoms with E-state index < -0.39 is 0 Å². The normalized spacial score (nSPS) is 16.0. The van der Waals surface area contributed by atoms with Gasteiger partial charge in [-0.2, -0.15) is 0 Å². The average molecular weight is 404 g/mol. The van der Waals surface area contributed by atoms with Gasteiger partial charge in [0, 0.05) is 26.1 Å². The van der Waals surface area contributed by atoms with Crippen molar-refractivity contribution in [2.24, 2.45) is 5.92 Å². The molecule has 1 saturated heterocycles. The van der Waals surface area contributed by atoms with Crippen LogP contribution in [0, 0.1) is 5.92 Å². The summed E-state index contributed by atoms with van der Waals surface area (Å²) in [6, 6.07) is 10.3. The molecule has 1 fully saturated rings. The van der Waals surface area contributed by atoms with Crippen LogP contribution in [-0.4, -0.2) is 55.0 Å². The van der Waals surface area contributed by atoms with Crippen LogP contribution in [-0.2, 0) is 11.3 Å². The van der Waals surface area contributed by atoms with Gasteiger partial charge in [-0.25, -0.2) is 0 Å². The third-order valence-corrected chi connectivity index (χ3v) is 5.08. The quantitative estimate of drug-likeness (QED) is 0.648. The first kappa shape index (κ1) is 25.2. The minimum absolute atomic E-state index is 0. The number of likely N-dealkylation sites (N-methyl/N-ethyl adjacent to an activating group) is 1. The number of carbonyl (C=O) groups excluding carboxylic acids is 1. The van der Waals surface area contributed by atoms with E-state index in [4.69, 9.17) is 0 Å². The van der Waals surface area contributed by atoms with Crippen molar-refractivity contribution in [2.45, 2.75) is 39.7 Å². The van der Waals surface area contributed by atoms with Gasteiger partial charge < -0.3 is 15.1 Å². The van der Waals surface area contributed by atoms with Crippen molar-refractivity contribution in [1.82, 2.24) is 15.1 Å². The summed E-state index contributed by atoms with van der Waals surface area (Å²) in [6.45, 7) is 11.1. The van der Waals surface area contributed by atoms with Gasteiger partial charge in [-0.15, -0.1) is 24.8 Å². The molecule has 1 atom stereocenters. The molecule has 1 unspecified atom stereocenters. The van der Waals surface area contributed by atoms with Gasteiger partial charge in [-0.1, -0.05) is 44.2 Å². The third-order valence-electron chi connectivity index (χ3n) is 5.08. The van der Waals surface area contributed by atoms with Crippen LogP contribution in [0.3, 0.4) is 0 Å². The number of benzene rings is 1. The lowest BCUT2D eigenvalue weighted by Gasteiger charge is -2.27. The summed E-state index contributed by atoms with van der Waals surface area (Å²) in [6.07, 6.45) is 2.91. The smallest absolute Gasteiger partial charge is 0.222 e. The van der Waals surface area contributed by atoms with Crippen molar-refractivity contribution in [3.05, 3.63) is 35.9 Å². The third kappa shape index (κ3) is 8.72. The highest BCUT2D eigenvalue weighted by Gasteiger charge is 2.19. The number of nitrogens with zero attached hydrogens (tertiary/aromatic N) is 2. The molecule has 1 N–H and O–H groups in total. The van der Waals surface area contributed by atoms with E-state index >= 15 is 0 Å². The Hall–Kier alpha value is -0.810. The van der Waals surface area contributed by atoms with E-state index in [9.17, 15) is 4.79 Å². The minimum atomic E-state index is 0. The van der Waals surface area contributed by atoms with Gasteiger partial charge in [-0.05, 0) is 50.5 Å². The summed E-state index contributed by atoms with van der Waals surface area (Å²) < 4.78 is 0. The maximum atomic E-state index is 12.8. The summed E-state index contributed by atoms with van der Waals surface area (Å²) in [7, 11) is 0. The molecule has 2 rings (SSSR count). The van der Waals surface area contributed by atoms with E-state index in [1.165, 1.54) is 12.0 Å². The van der Waals surface area contributed by atoms with Crippen molar-refractivity contribution in [2.75, 3.05) is 39.3 Å². The molecular weight excluding hydrogens is 369 g/mol. The lowest BCUT2D eigenvalue weighted by molar-refractivity contribution is -0.132.